The number of nitrogens with zero attached hydrogens (tertiary/aromatic N) is 4. The molecule has 0 aliphatic rings. The highest BCUT2D eigenvalue weighted by atomic mass is 35.5. The highest BCUT2D eigenvalue weighted by Gasteiger charge is 2.25. The molecular weight excluding hydrogens is 643 g/mol. The summed E-state index contributed by atoms with van der Waals surface area (Å²) in [5.74, 6) is 1.08. The number of methoxy groups -OCH3 is 1. The molecule has 0 saturated carbocycles. The van der Waals surface area contributed by atoms with Crippen LogP contribution in [-0.2, 0) is 16.0 Å². The van der Waals surface area contributed by atoms with Gasteiger partial charge in [-0.25, -0.2) is 0 Å². The van der Waals surface area contributed by atoms with Gasteiger partial charge in [0.05, 0.1) is 24.9 Å². The van der Waals surface area contributed by atoms with Crippen molar-refractivity contribution in [1.29, 1.82) is 0 Å². The van der Waals surface area contributed by atoms with Crippen LogP contribution in [0, 0.1) is 6.92 Å². The van der Waals surface area contributed by atoms with Crippen LogP contribution in [0.5, 0.6) is 5.75 Å². The number of halogens is 1. The van der Waals surface area contributed by atoms with Gasteiger partial charge in [-0.05, 0) is 84.4 Å². The third-order valence-corrected chi connectivity index (χ3v) is 8.60. The molecule has 0 saturated heterocycles. The number of hydrogen-bond donors (Lipinski definition) is 4. The van der Waals surface area contributed by atoms with Gasteiger partial charge >= 0.3 is 7.12 Å². The number of pyridine rings is 1. The van der Waals surface area contributed by atoms with Crippen LogP contribution in [0.3, 0.4) is 0 Å². The van der Waals surface area contributed by atoms with Gasteiger partial charge in [-0.15, -0.1) is 10.2 Å². The van der Waals surface area contributed by atoms with Crippen LogP contribution in [0.2, 0.25) is 5.02 Å². The fourth-order valence-electron chi connectivity index (χ4n) is 5.61. The van der Waals surface area contributed by atoms with E-state index in [1.807, 2.05) is 66.9 Å². The Kier molecular flexibility index (Phi) is 11.5. The van der Waals surface area contributed by atoms with E-state index >= 15 is 0 Å². The molecule has 2 heterocycles. The lowest BCUT2D eigenvalue weighted by Gasteiger charge is -2.20. The van der Waals surface area contributed by atoms with Crippen molar-refractivity contribution < 1.29 is 24.4 Å². The van der Waals surface area contributed by atoms with E-state index in [9.17, 15) is 19.6 Å². The van der Waals surface area contributed by atoms with Gasteiger partial charge in [0.2, 0.25) is 11.8 Å². The van der Waals surface area contributed by atoms with Crippen LogP contribution >= 0.6 is 11.6 Å². The first-order chi connectivity index (χ1) is 23.6. The molecule has 0 aliphatic heterocycles. The van der Waals surface area contributed by atoms with Crippen LogP contribution < -0.4 is 20.8 Å². The van der Waals surface area contributed by atoms with Gasteiger partial charge in [-0.2, -0.15) is 0 Å². The van der Waals surface area contributed by atoms with Crippen molar-refractivity contribution in [2.75, 3.05) is 20.2 Å². The molecular formula is C36H38BClN6O5. The summed E-state index contributed by atoms with van der Waals surface area (Å²) in [5, 5.41) is 34.7. The molecule has 0 radical (unpaired) electrons. The van der Waals surface area contributed by atoms with Crippen LogP contribution in [-0.4, -0.2) is 68.9 Å². The summed E-state index contributed by atoms with van der Waals surface area (Å²) in [6.45, 7) is 8.42. The molecule has 49 heavy (non-hydrogen) atoms. The molecule has 0 aliphatic carbocycles. The maximum atomic E-state index is 13.1. The molecule has 0 spiro atoms. The summed E-state index contributed by atoms with van der Waals surface area (Å²) in [7, 11) is 0.0508. The Bertz CT molecular complexity index is 1980. The summed E-state index contributed by atoms with van der Waals surface area (Å²) >= 11 is 6.13. The monoisotopic (exact) mass is 680 g/mol. The smallest absolute Gasteiger partial charge is 0.488 e. The molecule has 1 atom stereocenters. The first-order valence-electron chi connectivity index (χ1n) is 15.9. The zero-order valence-electron chi connectivity index (χ0n) is 27.6. The van der Waals surface area contributed by atoms with E-state index in [1.54, 1.807) is 31.5 Å². The predicted octanol–water partition coefficient (Wildman–Crippen LogP) is 3.89. The molecule has 3 aromatic carbocycles. The van der Waals surface area contributed by atoms with Gasteiger partial charge < -0.3 is 25.4 Å². The van der Waals surface area contributed by atoms with E-state index in [0.29, 0.717) is 52.8 Å². The number of aryl methyl sites for hydroxylation is 1. The van der Waals surface area contributed by atoms with Crippen molar-refractivity contribution in [3.8, 4) is 11.4 Å². The summed E-state index contributed by atoms with van der Waals surface area (Å²) in [6, 6.07) is 20.1. The average Bonchev–Trinajstić information content (AvgIpc) is 3.49. The first kappa shape index (κ1) is 35.3. The molecule has 1 unspecified atom stereocenters. The number of hydrogen-bond acceptors (Lipinski definition) is 8. The first-order valence-corrected chi connectivity index (χ1v) is 16.3. The summed E-state index contributed by atoms with van der Waals surface area (Å²) in [6.07, 6.45) is 2.96. The SMILES string of the molecule is C=C(c1ccc(Cl)cc1)c1cc(OC)ccc1-n1c(C)nnc1C(CC)CC(=O)NCC(=O)NCCc1cnc2cc(B(O)O)ccc2c1. The Balaban J connectivity index is 1.21. The molecule has 5 aromatic rings. The summed E-state index contributed by atoms with van der Waals surface area (Å²) in [5.41, 5.74) is 5.19. The van der Waals surface area contributed by atoms with Crippen molar-refractivity contribution >= 4 is 52.5 Å². The third-order valence-electron chi connectivity index (χ3n) is 8.35. The Labute approximate surface area is 290 Å². The molecule has 13 heteroatoms. The lowest BCUT2D eigenvalue weighted by atomic mass is 9.80. The largest absolute Gasteiger partial charge is 0.497 e. The average molecular weight is 681 g/mol. The zero-order valence-corrected chi connectivity index (χ0v) is 28.4. The number of rotatable bonds is 14. The fraction of sp³-hybridized carbons (Fsp3) is 0.250. The standard InChI is InChI=1S/C36H38BClN6O5/c1-5-25(17-34(45)41-21-35(46)39-15-14-24-16-27-6-9-28(37(47)48)18-32(27)40-20-24)36-43-42-23(3)44(36)33-13-12-30(49-4)19-31(33)22(2)26-7-10-29(38)11-8-26/h6-13,16,18-20,25,47-48H,2,5,14-15,17,21H2,1,3-4H3,(H,39,46)(H,41,45). The van der Waals surface area contributed by atoms with Gasteiger partial charge in [0, 0.05) is 41.1 Å². The fourth-order valence-corrected chi connectivity index (χ4v) is 5.74. The minimum atomic E-state index is -1.56. The van der Waals surface area contributed by atoms with Crippen molar-refractivity contribution in [2.45, 2.75) is 39.0 Å². The molecule has 4 N–H and O–H groups in total. The van der Waals surface area contributed by atoms with Gasteiger partial charge in [0.1, 0.15) is 17.4 Å². The second kappa shape index (κ2) is 15.9. The Morgan fingerprint density at radius 3 is 2.51 bits per heavy atom. The topological polar surface area (TPSA) is 151 Å². The maximum Gasteiger partial charge on any atom is 0.488 e. The quantitative estimate of drug-likeness (QED) is 0.129. The van der Waals surface area contributed by atoms with E-state index in [1.165, 1.54) is 0 Å². The van der Waals surface area contributed by atoms with Gasteiger partial charge in [-0.1, -0.05) is 49.4 Å². The third kappa shape index (κ3) is 8.52. The Hall–Kier alpha value is -5.04. The number of nitrogens with one attached hydrogen (secondary N) is 2. The molecule has 0 bridgehead atoms. The minimum absolute atomic E-state index is 0.114. The number of amides is 2. The molecule has 5 rings (SSSR count). The molecule has 11 nitrogen and oxygen atoms in total. The number of ether oxygens (including phenoxy) is 1. The van der Waals surface area contributed by atoms with E-state index in [2.05, 4.69) is 32.4 Å². The number of carbonyl (C=O) groups excluding carboxylic acids is 2. The lowest BCUT2D eigenvalue weighted by Crippen LogP contribution is -2.38. The van der Waals surface area contributed by atoms with Crippen LogP contribution in [0.25, 0.3) is 22.2 Å². The molecule has 2 aromatic heterocycles. The van der Waals surface area contributed by atoms with Crippen molar-refractivity contribution in [3.63, 3.8) is 0 Å². The van der Waals surface area contributed by atoms with Crippen molar-refractivity contribution in [2.24, 2.45) is 0 Å². The number of carbonyl (C=O) groups is 2. The van der Waals surface area contributed by atoms with E-state index in [4.69, 9.17) is 16.3 Å². The van der Waals surface area contributed by atoms with Crippen molar-refractivity contribution in [1.82, 2.24) is 30.4 Å². The van der Waals surface area contributed by atoms with E-state index in [0.717, 1.165) is 33.3 Å². The number of benzene rings is 3. The normalized spacial score (nSPS) is 11.6. The van der Waals surface area contributed by atoms with Crippen molar-refractivity contribution in [3.05, 3.63) is 113 Å². The lowest BCUT2D eigenvalue weighted by molar-refractivity contribution is -0.126. The van der Waals surface area contributed by atoms with Gasteiger partial charge in [0.25, 0.3) is 0 Å². The molecule has 0 fully saturated rings. The summed E-state index contributed by atoms with van der Waals surface area (Å²) < 4.78 is 7.47. The highest BCUT2D eigenvalue weighted by Crippen LogP contribution is 2.34. The Morgan fingerprint density at radius 1 is 1.02 bits per heavy atom. The van der Waals surface area contributed by atoms with Gasteiger partial charge in [0.15, 0.2) is 0 Å². The molecule has 2 amide bonds. The zero-order chi connectivity index (χ0) is 35.1. The minimum Gasteiger partial charge on any atom is -0.497 e. The highest BCUT2D eigenvalue weighted by molar-refractivity contribution is 6.58. The van der Waals surface area contributed by atoms with Crippen LogP contribution in [0.15, 0.2) is 79.5 Å². The van der Waals surface area contributed by atoms with E-state index in [-0.39, 0.29) is 30.7 Å². The second-order valence-electron chi connectivity index (χ2n) is 11.7. The van der Waals surface area contributed by atoms with E-state index < -0.39 is 7.12 Å². The Morgan fingerprint density at radius 2 is 1.80 bits per heavy atom. The predicted molar refractivity (Wildman–Crippen MR) is 191 cm³/mol. The second-order valence-corrected chi connectivity index (χ2v) is 12.1. The molecule has 252 valence electrons. The van der Waals surface area contributed by atoms with Crippen LogP contribution in [0.4, 0.5) is 0 Å². The summed E-state index contributed by atoms with van der Waals surface area (Å²) in [4.78, 5) is 30.0. The number of fused-ring (bicyclic) bond motifs is 1. The maximum absolute atomic E-state index is 13.1. The van der Waals surface area contributed by atoms with Gasteiger partial charge in [-0.3, -0.25) is 19.1 Å². The number of aromatic nitrogens is 4. The van der Waals surface area contributed by atoms with Crippen LogP contribution in [0.1, 0.15) is 54.0 Å².